The van der Waals surface area contributed by atoms with Gasteiger partial charge in [-0.2, -0.15) is 0 Å². The maximum absolute atomic E-state index is 10.9. The first-order chi connectivity index (χ1) is 8.65. The molecule has 98 valence electrons. The van der Waals surface area contributed by atoms with E-state index in [9.17, 15) is 4.79 Å². The summed E-state index contributed by atoms with van der Waals surface area (Å²) in [6.07, 6.45) is 5.06. The van der Waals surface area contributed by atoms with Crippen molar-refractivity contribution in [2.75, 3.05) is 25.6 Å². The van der Waals surface area contributed by atoms with E-state index in [2.05, 4.69) is 10.3 Å². The molecule has 1 fully saturated rings. The number of pyridine rings is 1. The molecule has 0 spiro atoms. The molecule has 0 saturated heterocycles. The number of rotatable bonds is 7. The van der Waals surface area contributed by atoms with Crippen LogP contribution in [0.3, 0.4) is 0 Å². The van der Waals surface area contributed by atoms with Crippen molar-refractivity contribution in [3.63, 3.8) is 0 Å². The normalized spacial score (nSPS) is 16.3. The summed E-state index contributed by atoms with van der Waals surface area (Å²) in [5, 5.41) is 3.30. The Labute approximate surface area is 107 Å². The van der Waals surface area contributed by atoms with Crippen LogP contribution in [0.4, 0.5) is 5.82 Å². The zero-order valence-corrected chi connectivity index (χ0v) is 10.6. The Balaban J connectivity index is 1.85. The first-order valence-corrected chi connectivity index (χ1v) is 6.14. The number of aromatic nitrogens is 1. The largest absolute Gasteiger partial charge is 0.385 e. The number of methoxy groups -OCH3 is 1. The second-order valence-corrected chi connectivity index (χ2v) is 4.89. The highest BCUT2D eigenvalue weighted by Crippen LogP contribution is 2.48. The second-order valence-electron chi connectivity index (χ2n) is 4.89. The number of ether oxygens (including phenoxy) is 1. The summed E-state index contributed by atoms with van der Waals surface area (Å²) in [6, 6.07) is 3.47. The van der Waals surface area contributed by atoms with E-state index in [1.54, 1.807) is 19.2 Å². The van der Waals surface area contributed by atoms with Gasteiger partial charge in [-0.25, -0.2) is 4.98 Å². The van der Waals surface area contributed by atoms with E-state index in [1.165, 1.54) is 19.0 Å². The van der Waals surface area contributed by atoms with Crippen LogP contribution in [0.1, 0.15) is 29.6 Å². The molecule has 0 radical (unpaired) electrons. The van der Waals surface area contributed by atoms with E-state index < -0.39 is 5.91 Å². The molecule has 1 aromatic heterocycles. The SMILES string of the molecule is COCCC1(CNc2ccc(C(N)=O)cn2)CC1. The molecule has 3 N–H and O–H groups in total. The summed E-state index contributed by atoms with van der Waals surface area (Å²) >= 11 is 0. The van der Waals surface area contributed by atoms with Crippen molar-refractivity contribution >= 4 is 11.7 Å². The Bertz CT molecular complexity index is 413. The molecule has 0 atom stereocenters. The van der Waals surface area contributed by atoms with Crippen molar-refractivity contribution in [2.24, 2.45) is 11.1 Å². The predicted octanol–water partition coefficient (Wildman–Crippen LogP) is 1.41. The zero-order valence-electron chi connectivity index (χ0n) is 10.6. The van der Waals surface area contributed by atoms with Crippen molar-refractivity contribution < 1.29 is 9.53 Å². The third-order valence-electron chi connectivity index (χ3n) is 3.49. The summed E-state index contributed by atoms with van der Waals surface area (Å²) in [7, 11) is 1.73. The Kier molecular flexibility index (Phi) is 3.81. The number of amides is 1. The quantitative estimate of drug-likeness (QED) is 0.766. The molecule has 1 aliphatic rings. The summed E-state index contributed by atoms with van der Waals surface area (Å²) in [6.45, 7) is 1.70. The number of anilines is 1. The Morgan fingerprint density at radius 3 is 2.83 bits per heavy atom. The molecular weight excluding hydrogens is 230 g/mol. The first-order valence-electron chi connectivity index (χ1n) is 6.14. The van der Waals surface area contributed by atoms with Crippen molar-refractivity contribution in [2.45, 2.75) is 19.3 Å². The predicted molar refractivity (Wildman–Crippen MR) is 69.4 cm³/mol. The highest BCUT2D eigenvalue weighted by atomic mass is 16.5. The molecule has 1 aromatic rings. The van der Waals surface area contributed by atoms with Gasteiger partial charge in [0.05, 0.1) is 5.56 Å². The van der Waals surface area contributed by atoms with Gasteiger partial charge in [-0.3, -0.25) is 4.79 Å². The molecule has 0 unspecified atom stereocenters. The average molecular weight is 249 g/mol. The summed E-state index contributed by atoms with van der Waals surface area (Å²) < 4.78 is 5.12. The number of primary amides is 1. The minimum Gasteiger partial charge on any atom is -0.385 e. The molecular formula is C13H19N3O2. The molecule has 0 aromatic carbocycles. The number of hydrogen-bond donors (Lipinski definition) is 2. The van der Waals surface area contributed by atoms with Crippen LogP contribution in [0.5, 0.6) is 0 Å². The fourth-order valence-electron chi connectivity index (χ4n) is 1.93. The van der Waals surface area contributed by atoms with Crippen molar-refractivity contribution in [3.8, 4) is 0 Å². The van der Waals surface area contributed by atoms with Gasteiger partial charge in [0.2, 0.25) is 5.91 Å². The molecule has 5 nitrogen and oxygen atoms in total. The maximum atomic E-state index is 10.9. The summed E-state index contributed by atoms with van der Waals surface area (Å²) in [4.78, 5) is 15.1. The standard InChI is InChI=1S/C13H19N3O2/c1-18-7-6-13(4-5-13)9-16-11-3-2-10(8-15-11)12(14)17/h2-3,8H,4-7,9H2,1H3,(H2,14,17)(H,15,16). The average Bonchev–Trinajstić information content (AvgIpc) is 3.15. The molecule has 1 amide bonds. The van der Waals surface area contributed by atoms with Gasteiger partial charge in [-0.1, -0.05) is 0 Å². The fourth-order valence-corrected chi connectivity index (χ4v) is 1.93. The van der Waals surface area contributed by atoms with Crippen LogP contribution in [0.2, 0.25) is 0 Å². The number of carbonyl (C=O) groups excluding carboxylic acids is 1. The minimum atomic E-state index is -0.451. The van der Waals surface area contributed by atoms with E-state index in [-0.39, 0.29) is 0 Å². The van der Waals surface area contributed by atoms with Crippen LogP contribution in [-0.2, 0) is 4.74 Å². The Hall–Kier alpha value is -1.62. The molecule has 0 bridgehead atoms. The van der Waals surface area contributed by atoms with Crippen LogP contribution < -0.4 is 11.1 Å². The third kappa shape index (κ3) is 3.20. The zero-order chi connectivity index (χ0) is 13.0. The molecule has 18 heavy (non-hydrogen) atoms. The Morgan fingerprint density at radius 2 is 2.33 bits per heavy atom. The summed E-state index contributed by atoms with van der Waals surface area (Å²) in [5.74, 6) is 0.330. The number of nitrogens with one attached hydrogen (secondary N) is 1. The number of nitrogens with zero attached hydrogens (tertiary/aromatic N) is 1. The topological polar surface area (TPSA) is 77.2 Å². The molecule has 2 rings (SSSR count). The maximum Gasteiger partial charge on any atom is 0.250 e. The van der Waals surface area contributed by atoms with Crippen LogP contribution in [-0.4, -0.2) is 31.2 Å². The lowest BCUT2D eigenvalue weighted by Gasteiger charge is -2.15. The van der Waals surface area contributed by atoms with E-state index in [1.807, 2.05) is 0 Å². The van der Waals surface area contributed by atoms with Crippen LogP contribution in [0.25, 0.3) is 0 Å². The molecule has 1 aliphatic carbocycles. The number of hydrogen-bond acceptors (Lipinski definition) is 4. The van der Waals surface area contributed by atoms with Gasteiger partial charge in [0.15, 0.2) is 0 Å². The molecule has 5 heteroatoms. The van der Waals surface area contributed by atoms with Crippen LogP contribution in [0, 0.1) is 5.41 Å². The van der Waals surface area contributed by atoms with Crippen molar-refractivity contribution in [1.82, 2.24) is 4.98 Å². The lowest BCUT2D eigenvalue weighted by molar-refractivity contribution is 0.1000. The lowest BCUT2D eigenvalue weighted by atomic mass is 10.0. The highest BCUT2D eigenvalue weighted by molar-refractivity contribution is 5.92. The smallest absolute Gasteiger partial charge is 0.250 e. The van der Waals surface area contributed by atoms with Gasteiger partial charge >= 0.3 is 0 Å². The highest BCUT2D eigenvalue weighted by Gasteiger charge is 2.41. The Morgan fingerprint density at radius 1 is 1.56 bits per heavy atom. The van der Waals surface area contributed by atoms with Crippen molar-refractivity contribution in [3.05, 3.63) is 23.9 Å². The molecule has 1 heterocycles. The third-order valence-corrected chi connectivity index (χ3v) is 3.49. The number of carbonyl (C=O) groups is 1. The van der Waals surface area contributed by atoms with E-state index >= 15 is 0 Å². The van der Waals surface area contributed by atoms with Crippen molar-refractivity contribution in [1.29, 1.82) is 0 Å². The summed E-state index contributed by atoms with van der Waals surface area (Å²) in [5.41, 5.74) is 5.97. The van der Waals surface area contributed by atoms with Gasteiger partial charge in [0.25, 0.3) is 0 Å². The fraction of sp³-hybridized carbons (Fsp3) is 0.538. The first kappa shape index (κ1) is 12.8. The van der Waals surface area contributed by atoms with E-state index in [4.69, 9.17) is 10.5 Å². The van der Waals surface area contributed by atoms with Crippen LogP contribution in [0.15, 0.2) is 18.3 Å². The monoisotopic (exact) mass is 249 g/mol. The van der Waals surface area contributed by atoms with Gasteiger partial charge in [0, 0.05) is 26.5 Å². The van der Waals surface area contributed by atoms with Gasteiger partial charge in [-0.15, -0.1) is 0 Å². The number of nitrogens with two attached hydrogens (primary N) is 1. The van der Waals surface area contributed by atoms with E-state index in [0.29, 0.717) is 11.0 Å². The minimum absolute atomic E-state index is 0.375. The molecule has 1 saturated carbocycles. The lowest BCUT2D eigenvalue weighted by Crippen LogP contribution is -2.18. The van der Waals surface area contributed by atoms with Gasteiger partial charge < -0.3 is 15.8 Å². The van der Waals surface area contributed by atoms with E-state index in [0.717, 1.165) is 25.4 Å². The van der Waals surface area contributed by atoms with Gasteiger partial charge in [0.1, 0.15) is 5.82 Å². The molecule has 0 aliphatic heterocycles. The van der Waals surface area contributed by atoms with Crippen LogP contribution >= 0.6 is 0 Å². The second kappa shape index (κ2) is 5.35. The van der Waals surface area contributed by atoms with Gasteiger partial charge in [-0.05, 0) is 36.8 Å².